The first-order valence-electron chi connectivity index (χ1n) is 2.75. The van der Waals surface area contributed by atoms with Crippen LogP contribution in [0, 0.1) is 9.81 Å². The number of hydrogen-bond acceptors (Lipinski definition) is 4. The topological polar surface area (TPSA) is 89.8 Å². The Bertz CT molecular complexity index is 258. The van der Waals surface area contributed by atoms with Crippen molar-refractivity contribution in [2.45, 2.75) is 6.17 Å². The van der Waals surface area contributed by atoms with Gasteiger partial charge in [0, 0.05) is 14.7 Å². The van der Waals surface area contributed by atoms with E-state index >= 15 is 0 Å². The lowest BCUT2D eigenvalue weighted by Crippen LogP contribution is -2.39. The number of rotatable bonds is 1. The second kappa shape index (κ2) is 2.52. The van der Waals surface area contributed by atoms with Crippen molar-refractivity contribution in [3.63, 3.8) is 0 Å². The van der Waals surface area contributed by atoms with Crippen LogP contribution >= 0.6 is 0 Å². The van der Waals surface area contributed by atoms with Crippen LogP contribution < -0.4 is 0 Å². The van der Waals surface area contributed by atoms with Gasteiger partial charge in [-0.1, -0.05) is 4.91 Å². The Morgan fingerprint density at radius 2 is 2.27 bits per heavy atom. The summed E-state index contributed by atoms with van der Waals surface area (Å²) < 4.78 is 0.349. The summed E-state index contributed by atoms with van der Waals surface area (Å²) in [5.41, 5.74) is 0. The number of carboxylic acids is 1. The van der Waals surface area contributed by atoms with Crippen LogP contribution in [0.5, 0.6) is 0 Å². The summed E-state index contributed by atoms with van der Waals surface area (Å²) >= 11 is 0. The number of carboxylic acid groups (broad SMARTS) is 1. The average molecular weight is 159 g/mol. The van der Waals surface area contributed by atoms with Crippen LogP contribution in [0.25, 0.3) is 0 Å². The Balaban J connectivity index is 2.85. The number of carbonyl (C=O) groups is 1. The molecule has 0 aromatic heterocycles. The van der Waals surface area contributed by atoms with Crippen LogP contribution in [0.1, 0.15) is 0 Å². The summed E-state index contributed by atoms with van der Waals surface area (Å²) in [6, 6.07) is 0. The monoisotopic (exact) mass is 159 g/mol. The summed E-state index contributed by atoms with van der Waals surface area (Å²) in [5, 5.41) is 8.32. The van der Waals surface area contributed by atoms with E-state index in [1.54, 1.807) is 0 Å². The second-order valence-corrected chi connectivity index (χ2v) is 1.95. The Morgan fingerprint density at radius 1 is 1.64 bits per heavy atom. The molecule has 0 saturated heterocycles. The quantitative estimate of drug-likeness (QED) is 0.494. The minimum atomic E-state index is -1.47. The van der Waals surface area contributed by atoms with E-state index in [2.05, 4.69) is 4.99 Å². The molecule has 0 aromatic rings. The molecule has 1 aliphatic heterocycles. The summed E-state index contributed by atoms with van der Waals surface area (Å²) in [7, 11) is 0. The Labute approximate surface area is 60.5 Å². The van der Waals surface area contributed by atoms with Crippen molar-refractivity contribution in [2.75, 3.05) is 6.67 Å². The predicted molar refractivity (Wildman–Crippen MR) is 32.0 cm³/mol. The molecule has 0 aromatic carbocycles. The molecule has 7 nitrogen and oxygen atoms in total. The fraction of sp³-hybridized carbons (Fsp3) is 0.500. The number of aliphatic imine (C=N–C) groups is 1. The third-order valence-corrected chi connectivity index (χ3v) is 1.11. The van der Waals surface area contributed by atoms with E-state index in [1.165, 1.54) is 0 Å². The Kier molecular flexibility index (Phi) is 1.71. The van der Waals surface area contributed by atoms with Crippen LogP contribution in [-0.4, -0.2) is 39.8 Å². The SMILES string of the molecule is O=C(O)C1N=C[N+](=O)C[N+]1=O. The number of nitrogens with zero attached hydrogens (tertiary/aromatic N) is 3. The first-order valence-corrected chi connectivity index (χ1v) is 2.75. The Morgan fingerprint density at radius 3 is 2.73 bits per heavy atom. The first kappa shape index (κ1) is 7.45. The molecule has 1 unspecified atom stereocenters. The maximum Gasteiger partial charge on any atom is 0.473 e. The van der Waals surface area contributed by atoms with Crippen molar-refractivity contribution < 1.29 is 19.4 Å². The van der Waals surface area contributed by atoms with Gasteiger partial charge >= 0.3 is 25.1 Å². The lowest BCUT2D eigenvalue weighted by Gasteiger charge is -1.94. The molecule has 11 heavy (non-hydrogen) atoms. The van der Waals surface area contributed by atoms with Gasteiger partial charge in [-0.3, -0.25) is 0 Å². The van der Waals surface area contributed by atoms with E-state index in [9.17, 15) is 14.6 Å². The van der Waals surface area contributed by atoms with Gasteiger partial charge in [-0.15, -0.1) is 0 Å². The van der Waals surface area contributed by atoms with Crippen molar-refractivity contribution in [1.82, 2.24) is 0 Å². The van der Waals surface area contributed by atoms with E-state index in [4.69, 9.17) is 5.11 Å². The van der Waals surface area contributed by atoms with Gasteiger partial charge in [0.15, 0.2) is 0 Å². The molecule has 0 saturated carbocycles. The van der Waals surface area contributed by atoms with Gasteiger partial charge in [0.25, 0.3) is 0 Å². The van der Waals surface area contributed by atoms with Crippen molar-refractivity contribution >= 4 is 12.3 Å². The summed E-state index contributed by atoms with van der Waals surface area (Å²) in [5.74, 6) is -1.36. The molecule has 1 aliphatic rings. The lowest BCUT2D eigenvalue weighted by molar-refractivity contribution is -0.723. The molecular formula is C4H5N3O4+2. The molecule has 0 amide bonds. The van der Waals surface area contributed by atoms with Gasteiger partial charge in [0.05, 0.1) is 0 Å². The fourth-order valence-corrected chi connectivity index (χ4v) is 0.650. The van der Waals surface area contributed by atoms with Crippen LogP contribution in [0.3, 0.4) is 0 Å². The fourth-order valence-electron chi connectivity index (χ4n) is 0.650. The zero-order chi connectivity index (χ0) is 8.43. The summed E-state index contributed by atoms with van der Waals surface area (Å²) in [6.07, 6.45) is -0.687. The maximum absolute atomic E-state index is 10.6. The molecule has 0 fully saturated rings. The molecule has 1 N–H and O–H groups in total. The molecule has 0 spiro atoms. The molecule has 7 heteroatoms. The number of hydrogen-bond donors (Lipinski definition) is 1. The maximum atomic E-state index is 10.6. The van der Waals surface area contributed by atoms with Crippen molar-refractivity contribution in [3.05, 3.63) is 9.81 Å². The Hall–Kier alpha value is -1.66. The van der Waals surface area contributed by atoms with Gasteiger partial charge in [0.2, 0.25) is 0 Å². The predicted octanol–water partition coefficient (Wildman–Crippen LogP) is -1.05. The second-order valence-electron chi connectivity index (χ2n) is 1.95. The van der Waals surface area contributed by atoms with Crippen LogP contribution in [0.2, 0.25) is 0 Å². The van der Waals surface area contributed by atoms with Gasteiger partial charge in [-0.25, -0.2) is 4.79 Å². The normalized spacial score (nSPS) is 23.8. The third kappa shape index (κ3) is 1.42. The molecule has 0 bridgehead atoms. The highest BCUT2D eigenvalue weighted by Gasteiger charge is 2.43. The zero-order valence-corrected chi connectivity index (χ0v) is 5.38. The van der Waals surface area contributed by atoms with Gasteiger partial charge < -0.3 is 5.11 Å². The van der Waals surface area contributed by atoms with Gasteiger partial charge in [-0.2, -0.15) is 0 Å². The number of aliphatic carboxylic acids is 1. The molecule has 1 atom stereocenters. The molecule has 0 radical (unpaired) electrons. The molecule has 58 valence electrons. The van der Waals surface area contributed by atoms with Crippen molar-refractivity contribution in [1.29, 1.82) is 0 Å². The molecular weight excluding hydrogens is 154 g/mol. The van der Waals surface area contributed by atoms with E-state index in [0.29, 0.717) is 0 Å². The van der Waals surface area contributed by atoms with Gasteiger partial charge in [0.1, 0.15) is 4.76 Å². The number of nitroso groups, excluding NO2 is 2. The average Bonchev–Trinajstić information content (AvgIpc) is 1.85. The highest BCUT2D eigenvalue weighted by Crippen LogP contribution is 1.97. The largest absolute Gasteiger partial charge is 0.473 e. The van der Waals surface area contributed by atoms with Crippen LogP contribution in [0.4, 0.5) is 0 Å². The minimum Gasteiger partial charge on any atom is -0.473 e. The van der Waals surface area contributed by atoms with Crippen LogP contribution in [-0.2, 0) is 4.79 Å². The summed E-state index contributed by atoms with van der Waals surface area (Å²) in [4.78, 5) is 34.4. The van der Waals surface area contributed by atoms with Gasteiger partial charge in [-0.05, 0) is 0 Å². The summed E-state index contributed by atoms with van der Waals surface area (Å²) in [6.45, 7) is -0.513. The van der Waals surface area contributed by atoms with Crippen LogP contribution in [0.15, 0.2) is 4.99 Å². The van der Waals surface area contributed by atoms with E-state index < -0.39 is 18.8 Å². The van der Waals surface area contributed by atoms with Crippen molar-refractivity contribution in [2.24, 2.45) is 4.99 Å². The lowest BCUT2D eigenvalue weighted by atomic mass is 10.5. The standard InChI is InChI=1S/C4H4N3O4/c8-4(9)3-5-1-6(10)2-7(3)11/h1,3H,2H2/q+1/p+1. The highest BCUT2D eigenvalue weighted by atomic mass is 16.4. The van der Waals surface area contributed by atoms with E-state index in [-0.39, 0.29) is 9.52 Å². The minimum absolute atomic E-state index is 0.0926. The molecule has 0 aliphatic carbocycles. The van der Waals surface area contributed by atoms with E-state index in [1.807, 2.05) is 0 Å². The molecule has 1 rings (SSSR count). The third-order valence-electron chi connectivity index (χ3n) is 1.11. The molecule has 1 heterocycles. The van der Waals surface area contributed by atoms with Crippen molar-refractivity contribution in [3.8, 4) is 0 Å². The highest BCUT2D eigenvalue weighted by molar-refractivity contribution is 5.73. The zero-order valence-electron chi connectivity index (χ0n) is 5.38. The smallest absolute Gasteiger partial charge is 0.473 e. The first-order chi connectivity index (χ1) is 5.11. The van der Waals surface area contributed by atoms with E-state index in [0.717, 1.165) is 6.34 Å².